The van der Waals surface area contributed by atoms with Gasteiger partial charge in [-0.1, -0.05) is 51.1 Å². The lowest BCUT2D eigenvalue weighted by atomic mass is 10.2. The molecular weight excluding hydrogens is 334 g/mol. The fourth-order valence-electron chi connectivity index (χ4n) is 2.60. The number of aliphatic hydroxyl groups is 1. The van der Waals surface area contributed by atoms with Gasteiger partial charge in [-0.05, 0) is 30.1 Å². The summed E-state index contributed by atoms with van der Waals surface area (Å²) < 4.78 is 11.7. The second-order valence-electron chi connectivity index (χ2n) is 8.31. The van der Waals surface area contributed by atoms with E-state index in [9.17, 15) is 9.90 Å². The van der Waals surface area contributed by atoms with E-state index in [1.54, 1.807) is 4.90 Å². The Labute approximate surface area is 152 Å². The van der Waals surface area contributed by atoms with Crippen molar-refractivity contribution in [3.63, 3.8) is 0 Å². The normalized spacial score (nSPS) is 21.4. The van der Waals surface area contributed by atoms with Gasteiger partial charge in [0.05, 0.1) is 25.3 Å². The number of ether oxygens (including phenoxy) is 1. The highest BCUT2D eigenvalue weighted by Gasteiger charge is 2.41. The number of hydrogen-bond donors (Lipinski definition) is 1. The minimum absolute atomic E-state index is 0.114. The number of benzene rings is 1. The molecule has 0 radical (unpaired) electrons. The van der Waals surface area contributed by atoms with Crippen molar-refractivity contribution in [1.29, 1.82) is 0 Å². The lowest BCUT2D eigenvalue weighted by Gasteiger charge is -2.37. The van der Waals surface area contributed by atoms with Gasteiger partial charge in [0.2, 0.25) is 0 Å². The summed E-state index contributed by atoms with van der Waals surface area (Å²) in [4.78, 5) is 14.1. The zero-order valence-electron chi connectivity index (χ0n) is 16.0. The molecule has 25 heavy (non-hydrogen) atoms. The highest BCUT2D eigenvalue weighted by molar-refractivity contribution is 6.74. The molecule has 0 aromatic heterocycles. The SMILES string of the molecule is CC(C)(C)[Si](C)(C)OC[C@H]1C[C@@H](O)CN1C(=O)OCc1ccccc1. The molecule has 1 heterocycles. The molecule has 1 amide bonds. The Morgan fingerprint density at radius 3 is 2.52 bits per heavy atom. The van der Waals surface area contributed by atoms with Crippen LogP contribution in [0.15, 0.2) is 30.3 Å². The molecule has 0 spiro atoms. The molecule has 140 valence electrons. The van der Waals surface area contributed by atoms with Crippen LogP contribution in [0.5, 0.6) is 0 Å². The predicted octanol–water partition coefficient (Wildman–Crippen LogP) is 3.78. The third-order valence-electron chi connectivity index (χ3n) is 5.27. The van der Waals surface area contributed by atoms with Crippen LogP contribution in [0.25, 0.3) is 0 Å². The molecule has 1 aliphatic rings. The third-order valence-corrected chi connectivity index (χ3v) is 9.78. The highest BCUT2D eigenvalue weighted by atomic mass is 28.4. The fourth-order valence-corrected chi connectivity index (χ4v) is 3.64. The first-order chi connectivity index (χ1) is 11.6. The molecule has 1 aromatic carbocycles. The summed E-state index contributed by atoms with van der Waals surface area (Å²) in [5.41, 5.74) is 0.949. The molecule has 0 unspecified atom stereocenters. The Balaban J connectivity index is 1.93. The van der Waals surface area contributed by atoms with Gasteiger partial charge in [0.25, 0.3) is 0 Å². The van der Waals surface area contributed by atoms with Gasteiger partial charge in [-0.3, -0.25) is 0 Å². The van der Waals surface area contributed by atoms with E-state index >= 15 is 0 Å². The fraction of sp³-hybridized carbons (Fsp3) is 0.632. The van der Waals surface area contributed by atoms with Crippen molar-refractivity contribution in [2.24, 2.45) is 0 Å². The van der Waals surface area contributed by atoms with E-state index in [2.05, 4.69) is 33.9 Å². The molecule has 1 aliphatic heterocycles. The molecule has 2 atom stereocenters. The van der Waals surface area contributed by atoms with Gasteiger partial charge in [-0.25, -0.2) is 4.79 Å². The van der Waals surface area contributed by atoms with Gasteiger partial charge in [0, 0.05) is 0 Å². The molecule has 1 saturated heterocycles. The Morgan fingerprint density at radius 1 is 1.28 bits per heavy atom. The Bertz CT molecular complexity index is 571. The molecule has 0 bridgehead atoms. The number of carbonyl (C=O) groups excluding carboxylic acids is 1. The Hall–Kier alpha value is -1.37. The standard InChI is InChI=1S/C19H31NO4Si/c1-19(2,3)25(4,5)24-14-16-11-17(21)12-20(16)18(22)23-13-15-9-7-6-8-10-15/h6-10,16-17,21H,11-14H2,1-5H3/t16-,17-/m1/s1. The number of carbonyl (C=O) groups is 1. The van der Waals surface area contributed by atoms with E-state index in [-0.39, 0.29) is 23.8 Å². The van der Waals surface area contributed by atoms with Crippen LogP contribution in [-0.2, 0) is 15.8 Å². The van der Waals surface area contributed by atoms with Crippen LogP contribution in [0.3, 0.4) is 0 Å². The van der Waals surface area contributed by atoms with Crippen LogP contribution < -0.4 is 0 Å². The van der Waals surface area contributed by atoms with Crippen molar-refractivity contribution in [3.8, 4) is 0 Å². The smallest absolute Gasteiger partial charge is 0.410 e. The topological polar surface area (TPSA) is 59.0 Å². The summed E-state index contributed by atoms with van der Waals surface area (Å²) >= 11 is 0. The maximum atomic E-state index is 12.4. The number of aliphatic hydroxyl groups excluding tert-OH is 1. The van der Waals surface area contributed by atoms with Crippen molar-refractivity contribution in [1.82, 2.24) is 4.90 Å². The first-order valence-electron chi connectivity index (χ1n) is 8.89. The zero-order chi connectivity index (χ0) is 18.7. The predicted molar refractivity (Wildman–Crippen MR) is 101 cm³/mol. The lowest BCUT2D eigenvalue weighted by Crippen LogP contribution is -2.46. The largest absolute Gasteiger partial charge is 0.445 e. The minimum Gasteiger partial charge on any atom is -0.445 e. The molecule has 1 fully saturated rings. The monoisotopic (exact) mass is 365 g/mol. The van der Waals surface area contributed by atoms with Gasteiger partial charge in [-0.2, -0.15) is 0 Å². The summed E-state index contributed by atoms with van der Waals surface area (Å²) in [6.07, 6.45) is -0.365. The molecule has 0 aliphatic carbocycles. The maximum Gasteiger partial charge on any atom is 0.410 e. The minimum atomic E-state index is -1.89. The van der Waals surface area contributed by atoms with Crippen LogP contribution in [-0.4, -0.2) is 49.7 Å². The molecule has 0 saturated carbocycles. The maximum absolute atomic E-state index is 12.4. The van der Waals surface area contributed by atoms with Gasteiger partial charge in [0.1, 0.15) is 6.61 Å². The van der Waals surface area contributed by atoms with Gasteiger partial charge < -0.3 is 19.2 Å². The first kappa shape index (κ1) is 19.9. The van der Waals surface area contributed by atoms with Crippen molar-refractivity contribution in [3.05, 3.63) is 35.9 Å². The summed E-state index contributed by atoms with van der Waals surface area (Å²) in [5.74, 6) is 0. The number of nitrogens with zero attached hydrogens (tertiary/aromatic N) is 1. The van der Waals surface area contributed by atoms with Crippen LogP contribution in [0, 0.1) is 0 Å². The summed E-state index contributed by atoms with van der Waals surface area (Å²) in [7, 11) is -1.89. The van der Waals surface area contributed by atoms with E-state index in [4.69, 9.17) is 9.16 Å². The number of amides is 1. The van der Waals surface area contributed by atoms with Crippen LogP contribution in [0.4, 0.5) is 4.79 Å². The number of β-amino-alcohol motifs (C(OH)–C–C–N with tert-alkyl or cyclic N) is 1. The number of likely N-dealkylation sites (tertiary alicyclic amines) is 1. The molecule has 1 N–H and O–H groups in total. The van der Waals surface area contributed by atoms with E-state index in [1.807, 2.05) is 30.3 Å². The molecule has 2 rings (SSSR count). The van der Waals surface area contributed by atoms with E-state index in [0.717, 1.165) is 5.56 Å². The second-order valence-corrected chi connectivity index (χ2v) is 13.1. The van der Waals surface area contributed by atoms with E-state index in [0.29, 0.717) is 19.6 Å². The molecular formula is C19H31NO4Si. The number of hydrogen-bond acceptors (Lipinski definition) is 4. The zero-order valence-corrected chi connectivity index (χ0v) is 17.0. The average molecular weight is 366 g/mol. The van der Waals surface area contributed by atoms with Crippen LogP contribution >= 0.6 is 0 Å². The van der Waals surface area contributed by atoms with Crippen LogP contribution in [0.2, 0.25) is 18.1 Å². The van der Waals surface area contributed by atoms with Crippen molar-refractivity contribution < 1.29 is 19.1 Å². The Kier molecular flexibility index (Phi) is 6.29. The highest BCUT2D eigenvalue weighted by Crippen LogP contribution is 2.37. The quantitative estimate of drug-likeness (QED) is 0.807. The summed E-state index contributed by atoms with van der Waals surface area (Å²) in [6.45, 7) is 11.9. The van der Waals surface area contributed by atoms with Gasteiger partial charge in [0.15, 0.2) is 8.32 Å². The third kappa shape index (κ3) is 5.30. The summed E-state index contributed by atoms with van der Waals surface area (Å²) in [6, 6.07) is 9.47. The Morgan fingerprint density at radius 2 is 1.92 bits per heavy atom. The summed E-state index contributed by atoms with van der Waals surface area (Å²) in [5, 5.41) is 10.1. The van der Waals surface area contributed by atoms with Gasteiger partial charge >= 0.3 is 6.09 Å². The van der Waals surface area contributed by atoms with Crippen LogP contribution in [0.1, 0.15) is 32.8 Å². The van der Waals surface area contributed by atoms with E-state index in [1.165, 1.54) is 0 Å². The molecule has 1 aromatic rings. The lowest BCUT2D eigenvalue weighted by molar-refractivity contribution is 0.0783. The van der Waals surface area contributed by atoms with Crippen molar-refractivity contribution in [2.75, 3.05) is 13.2 Å². The van der Waals surface area contributed by atoms with Gasteiger partial charge in [-0.15, -0.1) is 0 Å². The van der Waals surface area contributed by atoms with Crippen molar-refractivity contribution >= 4 is 14.4 Å². The van der Waals surface area contributed by atoms with Crippen molar-refractivity contribution in [2.45, 2.75) is 64.1 Å². The second kappa shape index (κ2) is 7.89. The first-order valence-corrected chi connectivity index (χ1v) is 11.8. The number of rotatable bonds is 5. The molecule has 6 heteroatoms. The van der Waals surface area contributed by atoms with E-state index < -0.39 is 14.4 Å². The molecule has 5 nitrogen and oxygen atoms in total. The average Bonchev–Trinajstić information content (AvgIpc) is 2.92.